The van der Waals surface area contributed by atoms with Crippen molar-refractivity contribution >= 4 is 9.84 Å². The van der Waals surface area contributed by atoms with Gasteiger partial charge < -0.3 is 14.9 Å². The molecule has 0 amide bonds. The number of sulfone groups is 1. The van der Waals surface area contributed by atoms with Crippen molar-refractivity contribution < 1.29 is 23.4 Å². The third-order valence-electron chi connectivity index (χ3n) is 3.89. The molecule has 0 aliphatic carbocycles. The van der Waals surface area contributed by atoms with E-state index in [9.17, 15) is 18.6 Å². The fraction of sp³-hybridized carbons (Fsp3) is 0.130. The zero-order chi connectivity index (χ0) is 21.1. The molecular formula is C23H20O5S. The van der Waals surface area contributed by atoms with E-state index in [0.29, 0.717) is 11.5 Å². The van der Waals surface area contributed by atoms with Crippen molar-refractivity contribution in [1.29, 1.82) is 0 Å². The van der Waals surface area contributed by atoms with Gasteiger partial charge in [0.2, 0.25) is 9.84 Å². The summed E-state index contributed by atoms with van der Waals surface area (Å²) < 4.78 is 31.1. The van der Waals surface area contributed by atoms with E-state index in [2.05, 4.69) is 11.8 Å². The first kappa shape index (κ1) is 20.5. The summed E-state index contributed by atoms with van der Waals surface area (Å²) in [6.45, 7) is 3.22. The first-order valence-electron chi connectivity index (χ1n) is 8.82. The molecule has 0 radical (unpaired) electrons. The third kappa shape index (κ3) is 5.17. The van der Waals surface area contributed by atoms with E-state index in [1.54, 1.807) is 62.4 Å². The first-order chi connectivity index (χ1) is 13.6. The molecule has 0 atom stereocenters. The lowest BCUT2D eigenvalue weighted by atomic mass is 10.1. The van der Waals surface area contributed by atoms with Crippen molar-refractivity contribution in [3.05, 3.63) is 78.4 Å². The van der Waals surface area contributed by atoms with E-state index in [1.807, 2.05) is 0 Å². The van der Waals surface area contributed by atoms with Crippen LogP contribution in [0.15, 0.2) is 82.6 Å². The zero-order valence-electron chi connectivity index (χ0n) is 16.0. The number of aliphatic hydroxyl groups is 1. The summed E-state index contributed by atoms with van der Waals surface area (Å²) in [6, 6.07) is 18.8. The molecule has 0 saturated heterocycles. The van der Waals surface area contributed by atoms with Gasteiger partial charge in [-0.05, 0) is 74.5 Å². The third-order valence-corrected chi connectivity index (χ3v) is 5.71. The number of aromatic hydroxyl groups is 1. The van der Waals surface area contributed by atoms with Gasteiger partial charge in [0.1, 0.15) is 27.7 Å². The van der Waals surface area contributed by atoms with Gasteiger partial charge in [-0.2, -0.15) is 0 Å². The molecule has 5 nitrogen and oxygen atoms in total. The van der Waals surface area contributed by atoms with E-state index in [1.165, 1.54) is 24.3 Å². The van der Waals surface area contributed by atoms with Gasteiger partial charge in [-0.3, -0.25) is 0 Å². The molecule has 3 aromatic carbocycles. The molecule has 0 fully saturated rings. The number of benzene rings is 3. The maximum Gasteiger partial charge on any atom is 0.210 e. The lowest BCUT2D eigenvalue weighted by Gasteiger charge is -2.09. The van der Waals surface area contributed by atoms with Gasteiger partial charge in [-0.15, -0.1) is 0 Å². The maximum atomic E-state index is 12.7. The Morgan fingerprint density at radius 1 is 0.862 bits per heavy atom. The van der Waals surface area contributed by atoms with Crippen LogP contribution in [0.1, 0.15) is 19.4 Å². The number of ether oxygens (including phenoxy) is 1. The van der Waals surface area contributed by atoms with E-state index >= 15 is 0 Å². The van der Waals surface area contributed by atoms with Gasteiger partial charge in [-0.25, -0.2) is 8.42 Å². The van der Waals surface area contributed by atoms with Crippen LogP contribution in [0.2, 0.25) is 0 Å². The SMILES string of the molecule is CC(C)(O)C#Cc1ccc(Oc2ccc(S(=O)(=O)c3ccccc3O)cc2)cc1. The number of rotatable bonds is 4. The first-order valence-corrected chi connectivity index (χ1v) is 10.3. The molecule has 29 heavy (non-hydrogen) atoms. The molecule has 0 aliphatic heterocycles. The predicted molar refractivity (Wildman–Crippen MR) is 110 cm³/mol. The highest BCUT2D eigenvalue weighted by molar-refractivity contribution is 7.91. The van der Waals surface area contributed by atoms with E-state index < -0.39 is 15.4 Å². The average molecular weight is 408 g/mol. The van der Waals surface area contributed by atoms with E-state index in [4.69, 9.17) is 4.74 Å². The van der Waals surface area contributed by atoms with Gasteiger partial charge in [0.15, 0.2) is 0 Å². The minimum Gasteiger partial charge on any atom is -0.507 e. The zero-order valence-corrected chi connectivity index (χ0v) is 16.8. The largest absolute Gasteiger partial charge is 0.507 e. The van der Waals surface area contributed by atoms with Crippen molar-refractivity contribution in [2.45, 2.75) is 29.2 Å². The van der Waals surface area contributed by atoms with Crippen LogP contribution in [-0.4, -0.2) is 24.2 Å². The topological polar surface area (TPSA) is 83.8 Å². The van der Waals surface area contributed by atoms with Gasteiger partial charge >= 0.3 is 0 Å². The second-order valence-corrected chi connectivity index (χ2v) is 8.80. The average Bonchev–Trinajstić information content (AvgIpc) is 2.67. The van der Waals surface area contributed by atoms with Gasteiger partial charge in [0, 0.05) is 5.56 Å². The Morgan fingerprint density at radius 2 is 1.41 bits per heavy atom. The minimum absolute atomic E-state index is 0.0589. The summed E-state index contributed by atoms with van der Waals surface area (Å²) in [7, 11) is -3.82. The molecule has 0 unspecified atom stereocenters. The molecule has 0 heterocycles. The van der Waals surface area contributed by atoms with Crippen LogP contribution < -0.4 is 4.74 Å². The lowest BCUT2D eigenvalue weighted by Crippen LogP contribution is -2.14. The molecule has 3 aromatic rings. The highest BCUT2D eigenvalue weighted by atomic mass is 32.2. The Balaban J connectivity index is 1.76. The molecular weight excluding hydrogens is 388 g/mol. The quantitative estimate of drug-likeness (QED) is 0.634. The van der Waals surface area contributed by atoms with Crippen LogP contribution in [0.4, 0.5) is 0 Å². The van der Waals surface area contributed by atoms with E-state index in [0.717, 1.165) is 5.56 Å². The summed E-state index contributed by atoms with van der Waals surface area (Å²) in [5.41, 5.74) is -0.322. The standard InChI is InChI=1S/C23H20O5S/c1-23(2,25)16-15-17-7-9-18(10-8-17)28-19-11-13-20(14-12-19)29(26,27)22-6-4-3-5-21(22)24/h3-14,24-25H,1-2H3. The fourth-order valence-corrected chi connectivity index (χ4v) is 3.82. The second-order valence-electron chi connectivity index (χ2n) is 6.88. The molecule has 0 aliphatic rings. The predicted octanol–water partition coefficient (Wildman–Crippen LogP) is 4.14. The highest BCUT2D eigenvalue weighted by Crippen LogP contribution is 2.30. The van der Waals surface area contributed by atoms with Crippen LogP contribution >= 0.6 is 0 Å². The molecule has 0 bridgehead atoms. The summed E-state index contributed by atoms with van der Waals surface area (Å²) >= 11 is 0. The summed E-state index contributed by atoms with van der Waals surface area (Å²) in [6.07, 6.45) is 0. The number of phenols is 1. The Hall–Kier alpha value is -3.27. The van der Waals surface area contributed by atoms with Gasteiger partial charge in [0.05, 0.1) is 4.90 Å². The van der Waals surface area contributed by atoms with Gasteiger partial charge in [0.25, 0.3) is 0 Å². The smallest absolute Gasteiger partial charge is 0.210 e. The molecule has 0 saturated carbocycles. The van der Waals surface area contributed by atoms with Crippen LogP contribution in [0.25, 0.3) is 0 Å². The van der Waals surface area contributed by atoms with Crippen LogP contribution in [0.5, 0.6) is 17.2 Å². The molecule has 0 spiro atoms. The summed E-state index contributed by atoms with van der Waals surface area (Å²) in [5.74, 6) is 6.36. The lowest BCUT2D eigenvalue weighted by molar-refractivity contribution is 0.143. The number of para-hydroxylation sites is 1. The number of hydrogen-bond donors (Lipinski definition) is 2. The Morgan fingerprint density at radius 3 is 1.97 bits per heavy atom. The van der Waals surface area contributed by atoms with Crippen molar-refractivity contribution in [2.24, 2.45) is 0 Å². The number of phenolic OH excluding ortho intramolecular Hbond substituents is 1. The molecule has 3 rings (SSSR count). The molecule has 148 valence electrons. The Kier molecular flexibility index (Phi) is 5.64. The Labute approximate surface area is 170 Å². The van der Waals surface area contributed by atoms with Crippen LogP contribution in [0, 0.1) is 11.8 Å². The van der Waals surface area contributed by atoms with Crippen molar-refractivity contribution in [3.8, 4) is 29.1 Å². The number of hydrogen-bond acceptors (Lipinski definition) is 5. The monoisotopic (exact) mass is 408 g/mol. The summed E-state index contributed by atoms with van der Waals surface area (Å²) in [5, 5.41) is 19.5. The maximum absolute atomic E-state index is 12.7. The summed E-state index contributed by atoms with van der Waals surface area (Å²) in [4.78, 5) is -0.0833. The van der Waals surface area contributed by atoms with Crippen molar-refractivity contribution in [1.82, 2.24) is 0 Å². The van der Waals surface area contributed by atoms with Crippen LogP contribution in [0.3, 0.4) is 0 Å². The van der Waals surface area contributed by atoms with E-state index in [-0.39, 0.29) is 15.5 Å². The van der Waals surface area contributed by atoms with Crippen LogP contribution in [-0.2, 0) is 9.84 Å². The fourth-order valence-electron chi connectivity index (χ4n) is 2.47. The minimum atomic E-state index is -3.82. The molecule has 6 heteroatoms. The second kappa shape index (κ2) is 8.00. The highest BCUT2D eigenvalue weighted by Gasteiger charge is 2.21. The van der Waals surface area contributed by atoms with Gasteiger partial charge in [-0.1, -0.05) is 24.0 Å². The Bertz CT molecular complexity index is 1160. The normalized spacial score (nSPS) is 11.4. The van der Waals surface area contributed by atoms with Crippen molar-refractivity contribution in [3.63, 3.8) is 0 Å². The van der Waals surface area contributed by atoms with Crippen molar-refractivity contribution in [2.75, 3.05) is 0 Å². The molecule has 2 N–H and O–H groups in total. The molecule has 0 aromatic heterocycles.